The smallest absolute Gasteiger partial charge is 0.0558 e. The van der Waals surface area contributed by atoms with E-state index in [0.29, 0.717) is 6.54 Å². The topological polar surface area (TPSA) is 49.5 Å². The van der Waals surface area contributed by atoms with E-state index in [1.54, 1.807) is 0 Å². The quantitative estimate of drug-likeness (QED) is 0.798. The molecule has 0 amide bonds. The van der Waals surface area contributed by atoms with Gasteiger partial charge in [0.2, 0.25) is 0 Å². The van der Waals surface area contributed by atoms with E-state index in [9.17, 15) is 5.11 Å². The predicted molar refractivity (Wildman–Crippen MR) is 86.2 cm³/mol. The van der Waals surface area contributed by atoms with Crippen molar-refractivity contribution in [3.05, 3.63) is 64.1 Å². The van der Waals surface area contributed by atoms with Crippen molar-refractivity contribution in [3.63, 3.8) is 0 Å². The lowest BCUT2D eigenvalue weighted by atomic mass is 10.1. The number of nitrogens with two attached hydrogens (primary N) is 1. The molecule has 0 aromatic heterocycles. The number of hydrogen-bond acceptors (Lipinski definition) is 3. The molecule has 3 nitrogen and oxygen atoms in total. The zero-order valence-electron chi connectivity index (χ0n) is 11.3. The summed E-state index contributed by atoms with van der Waals surface area (Å²) in [4.78, 5) is 2.20. The number of halogens is 1. The van der Waals surface area contributed by atoms with Crippen LogP contribution >= 0.6 is 15.9 Å². The molecular weight excluding hydrogens is 316 g/mol. The van der Waals surface area contributed by atoms with Gasteiger partial charge in [0.05, 0.1) is 6.61 Å². The highest BCUT2D eigenvalue weighted by molar-refractivity contribution is 9.10. The molecule has 0 unspecified atom stereocenters. The molecule has 0 heterocycles. The second kappa shape index (κ2) is 7.43. The molecule has 0 fully saturated rings. The molecule has 106 valence electrons. The van der Waals surface area contributed by atoms with Crippen LogP contribution in [0.15, 0.2) is 53.0 Å². The van der Waals surface area contributed by atoms with Crippen LogP contribution in [0.1, 0.15) is 11.1 Å². The molecule has 0 radical (unpaired) electrons. The molecule has 0 aliphatic carbocycles. The van der Waals surface area contributed by atoms with Crippen molar-refractivity contribution in [2.45, 2.75) is 13.1 Å². The summed E-state index contributed by atoms with van der Waals surface area (Å²) in [7, 11) is 0. The van der Waals surface area contributed by atoms with Gasteiger partial charge in [-0.15, -0.1) is 0 Å². The first-order chi connectivity index (χ1) is 9.67. The molecule has 4 heteroatoms. The Labute approximate surface area is 128 Å². The standard InChI is InChI=1S/C16H19BrN2O/c17-15-8-14(9-16(18)10-15)12-19(6-7-20)11-13-4-2-1-3-5-13/h1-5,8-10,20H,6-7,11-12,18H2. The number of rotatable bonds is 6. The van der Waals surface area contributed by atoms with E-state index in [0.717, 1.165) is 28.8 Å². The van der Waals surface area contributed by atoms with Crippen molar-refractivity contribution in [3.8, 4) is 0 Å². The zero-order valence-corrected chi connectivity index (χ0v) is 12.9. The number of anilines is 1. The minimum atomic E-state index is 0.149. The number of aliphatic hydroxyl groups is 1. The van der Waals surface area contributed by atoms with Crippen LogP contribution in [-0.2, 0) is 13.1 Å². The Kier molecular flexibility index (Phi) is 5.59. The third-order valence-electron chi connectivity index (χ3n) is 3.05. The zero-order chi connectivity index (χ0) is 14.4. The second-order valence-corrected chi connectivity index (χ2v) is 5.73. The van der Waals surface area contributed by atoms with Gasteiger partial charge in [0.25, 0.3) is 0 Å². The highest BCUT2D eigenvalue weighted by atomic mass is 79.9. The summed E-state index contributed by atoms with van der Waals surface area (Å²) in [5, 5.41) is 9.23. The van der Waals surface area contributed by atoms with E-state index in [4.69, 9.17) is 5.73 Å². The summed E-state index contributed by atoms with van der Waals surface area (Å²) in [5.41, 5.74) is 8.99. The Bertz CT molecular complexity index is 525. The van der Waals surface area contributed by atoms with E-state index < -0.39 is 0 Å². The first-order valence-electron chi connectivity index (χ1n) is 6.59. The summed E-state index contributed by atoms with van der Waals surface area (Å²) in [5.74, 6) is 0. The lowest BCUT2D eigenvalue weighted by molar-refractivity contribution is 0.184. The van der Waals surface area contributed by atoms with Gasteiger partial charge < -0.3 is 10.8 Å². The fourth-order valence-corrected chi connectivity index (χ4v) is 2.78. The van der Waals surface area contributed by atoms with Crippen molar-refractivity contribution in [2.24, 2.45) is 0 Å². The maximum Gasteiger partial charge on any atom is 0.0558 e. The Morgan fingerprint density at radius 3 is 2.35 bits per heavy atom. The lowest BCUT2D eigenvalue weighted by Crippen LogP contribution is -2.26. The highest BCUT2D eigenvalue weighted by Gasteiger charge is 2.07. The second-order valence-electron chi connectivity index (χ2n) is 4.81. The molecule has 2 rings (SSSR count). The van der Waals surface area contributed by atoms with Crippen LogP contribution in [0.25, 0.3) is 0 Å². The van der Waals surface area contributed by atoms with Crippen molar-refractivity contribution in [1.82, 2.24) is 4.90 Å². The van der Waals surface area contributed by atoms with Gasteiger partial charge in [-0.2, -0.15) is 0 Å². The molecule has 0 aliphatic rings. The Hall–Kier alpha value is -1.36. The van der Waals surface area contributed by atoms with Crippen LogP contribution in [-0.4, -0.2) is 23.2 Å². The molecule has 2 aromatic rings. The molecule has 0 bridgehead atoms. The normalized spacial score (nSPS) is 10.9. The van der Waals surface area contributed by atoms with Crippen molar-refractivity contribution < 1.29 is 5.11 Å². The van der Waals surface area contributed by atoms with Gasteiger partial charge in [0.1, 0.15) is 0 Å². The Morgan fingerprint density at radius 1 is 1.00 bits per heavy atom. The molecule has 2 aromatic carbocycles. The highest BCUT2D eigenvalue weighted by Crippen LogP contribution is 2.19. The summed E-state index contributed by atoms with van der Waals surface area (Å²) in [6.07, 6.45) is 0. The van der Waals surface area contributed by atoms with E-state index >= 15 is 0 Å². The molecule has 20 heavy (non-hydrogen) atoms. The average molecular weight is 335 g/mol. The van der Waals surface area contributed by atoms with Crippen LogP contribution in [0.4, 0.5) is 5.69 Å². The molecule has 0 atom stereocenters. The van der Waals surface area contributed by atoms with Gasteiger partial charge in [-0.3, -0.25) is 4.90 Å². The molecule has 3 N–H and O–H groups in total. The van der Waals surface area contributed by atoms with Crippen molar-refractivity contribution in [1.29, 1.82) is 0 Å². The lowest BCUT2D eigenvalue weighted by Gasteiger charge is -2.22. The predicted octanol–water partition coefficient (Wildman–Crippen LogP) is 3.03. The van der Waals surface area contributed by atoms with Gasteiger partial charge in [-0.1, -0.05) is 46.3 Å². The van der Waals surface area contributed by atoms with Gasteiger partial charge in [0.15, 0.2) is 0 Å². The third-order valence-corrected chi connectivity index (χ3v) is 3.51. The largest absolute Gasteiger partial charge is 0.399 e. The van der Waals surface area contributed by atoms with Crippen LogP contribution in [0.5, 0.6) is 0 Å². The fourth-order valence-electron chi connectivity index (χ4n) is 2.22. The van der Waals surface area contributed by atoms with Crippen LogP contribution in [0.3, 0.4) is 0 Å². The van der Waals surface area contributed by atoms with Crippen LogP contribution in [0, 0.1) is 0 Å². The van der Waals surface area contributed by atoms with Gasteiger partial charge in [-0.25, -0.2) is 0 Å². The number of nitrogen functional groups attached to an aromatic ring is 1. The van der Waals surface area contributed by atoms with Gasteiger partial charge in [-0.05, 0) is 29.3 Å². The average Bonchev–Trinajstić information content (AvgIpc) is 2.39. The summed E-state index contributed by atoms with van der Waals surface area (Å²) in [6, 6.07) is 16.2. The molecule has 0 saturated heterocycles. The van der Waals surface area contributed by atoms with E-state index in [2.05, 4.69) is 39.0 Å². The first-order valence-corrected chi connectivity index (χ1v) is 7.39. The molecule has 0 saturated carbocycles. The van der Waals surface area contributed by atoms with E-state index in [-0.39, 0.29) is 6.61 Å². The minimum absolute atomic E-state index is 0.149. The SMILES string of the molecule is Nc1cc(Br)cc(CN(CCO)Cc2ccccc2)c1. The van der Waals surface area contributed by atoms with E-state index in [1.807, 2.05) is 30.3 Å². The number of nitrogens with zero attached hydrogens (tertiary/aromatic N) is 1. The maximum absolute atomic E-state index is 9.23. The number of benzene rings is 2. The number of hydrogen-bond donors (Lipinski definition) is 2. The van der Waals surface area contributed by atoms with E-state index in [1.165, 1.54) is 5.56 Å². The van der Waals surface area contributed by atoms with Gasteiger partial charge >= 0.3 is 0 Å². The summed E-state index contributed by atoms with van der Waals surface area (Å²) in [6.45, 7) is 2.37. The third kappa shape index (κ3) is 4.63. The molecular formula is C16H19BrN2O. The first kappa shape index (κ1) is 15.0. The van der Waals surface area contributed by atoms with Crippen LogP contribution < -0.4 is 5.73 Å². The Morgan fingerprint density at radius 2 is 1.70 bits per heavy atom. The molecule has 0 spiro atoms. The fraction of sp³-hybridized carbons (Fsp3) is 0.250. The molecule has 0 aliphatic heterocycles. The summed E-state index contributed by atoms with van der Waals surface area (Å²) < 4.78 is 0.983. The van der Waals surface area contributed by atoms with Crippen molar-refractivity contribution >= 4 is 21.6 Å². The van der Waals surface area contributed by atoms with Crippen LogP contribution in [0.2, 0.25) is 0 Å². The Balaban J connectivity index is 2.08. The monoisotopic (exact) mass is 334 g/mol. The minimum Gasteiger partial charge on any atom is -0.399 e. The number of aliphatic hydroxyl groups excluding tert-OH is 1. The van der Waals surface area contributed by atoms with Crippen molar-refractivity contribution in [2.75, 3.05) is 18.9 Å². The maximum atomic E-state index is 9.23. The van der Waals surface area contributed by atoms with Gasteiger partial charge in [0, 0.05) is 29.8 Å². The summed E-state index contributed by atoms with van der Waals surface area (Å²) >= 11 is 3.46.